The predicted octanol–water partition coefficient (Wildman–Crippen LogP) is 3.86. The number of rotatable bonds is 7. The summed E-state index contributed by atoms with van der Waals surface area (Å²) in [4.78, 5) is 0. The lowest BCUT2D eigenvalue weighted by molar-refractivity contribution is 0.289. The van der Waals surface area contributed by atoms with E-state index in [9.17, 15) is 0 Å². The highest BCUT2D eigenvalue weighted by molar-refractivity contribution is 5.71. The van der Waals surface area contributed by atoms with E-state index in [1.807, 2.05) is 0 Å². The number of aliphatic hydroxyl groups excluding tert-OH is 1. The number of aliphatic hydroxyl groups is 1. The van der Waals surface area contributed by atoms with Crippen LogP contribution in [0.25, 0.3) is 16.8 Å². The largest absolute Gasteiger partial charge is 0.396 e. The monoisotopic (exact) mass is 281 g/mol. The van der Waals surface area contributed by atoms with E-state index in [2.05, 4.69) is 67.4 Å². The van der Waals surface area contributed by atoms with Crippen LogP contribution in [0, 0.1) is 0 Å². The first kappa shape index (κ1) is 15.3. The Labute approximate surface area is 127 Å². The van der Waals surface area contributed by atoms with Gasteiger partial charge in [0.25, 0.3) is 0 Å². The summed E-state index contributed by atoms with van der Waals surface area (Å²) in [7, 11) is 0. The number of hydrogen-bond donors (Lipinski definition) is 2. The van der Waals surface area contributed by atoms with Crippen molar-refractivity contribution in [2.75, 3.05) is 13.2 Å². The number of aryl methyl sites for hydroxylation is 1. The zero-order valence-electron chi connectivity index (χ0n) is 12.6. The van der Waals surface area contributed by atoms with Crippen LogP contribution in [0.5, 0.6) is 0 Å². The summed E-state index contributed by atoms with van der Waals surface area (Å²) in [5, 5.41) is 12.1. The van der Waals surface area contributed by atoms with Gasteiger partial charge in [-0.1, -0.05) is 56.0 Å². The molecule has 2 N–H and O–H groups in total. The van der Waals surface area contributed by atoms with Crippen LogP contribution in [0.3, 0.4) is 0 Å². The van der Waals surface area contributed by atoms with Crippen molar-refractivity contribution in [3.8, 4) is 11.1 Å². The standard InChI is InChI=1S/C19H23NO/c1-3-16-7-4-9-18(13-16)19-10-5-8-17(14-19)15(2)20-11-6-12-21/h4-5,7-10,13-14,20-21H,2-3,6,11-12H2,1H3. The van der Waals surface area contributed by atoms with Crippen molar-refractivity contribution in [2.24, 2.45) is 0 Å². The van der Waals surface area contributed by atoms with Gasteiger partial charge in [-0.2, -0.15) is 0 Å². The van der Waals surface area contributed by atoms with E-state index in [1.165, 1.54) is 16.7 Å². The minimum atomic E-state index is 0.199. The smallest absolute Gasteiger partial charge is 0.0447 e. The molecule has 2 aromatic rings. The fourth-order valence-corrected chi connectivity index (χ4v) is 2.28. The summed E-state index contributed by atoms with van der Waals surface area (Å²) in [5.74, 6) is 0. The first-order valence-electron chi connectivity index (χ1n) is 7.48. The van der Waals surface area contributed by atoms with Crippen LogP contribution in [0.2, 0.25) is 0 Å². The second-order valence-corrected chi connectivity index (χ2v) is 5.12. The van der Waals surface area contributed by atoms with Crippen molar-refractivity contribution >= 4 is 5.70 Å². The quantitative estimate of drug-likeness (QED) is 0.755. The molecule has 0 saturated heterocycles. The zero-order chi connectivity index (χ0) is 15.1. The molecule has 2 nitrogen and oxygen atoms in total. The van der Waals surface area contributed by atoms with E-state index in [4.69, 9.17) is 5.11 Å². The van der Waals surface area contributed by atoms with Crippen LogP contribution in [-0.4, -0.2) is 18.3 Å². The third kappa shape index (κ3) is 4.20. The van der Waals surface area contributed by atoms with Crippen molar-refractivity contribution in [2.45, 2.75) is 19.8 Å². The Morgan fingerprint density at radius 3 is 2.52 bits per heavy atom. The Morgan fingerprint density at radius 1 is 1.10 bits per heavy atom. The number of hydrogen-bond acceptors (Lipinski definition) is 2. The van der Waals surface area contributed by atoms with Gasteiger partial charge < -0.3 is 10.4 Å². The van der Waals surface area contributed by atoms with Crippen molar-refractivity contribution in [1.29, 1.82) is 0 Å². The van der Waals surface area contributed by atoms with Crippen molar-refractivity contribution in [3.05, 3.63) is 66.2 Å². The molecule has 0 radical (unpaired) electrons. The summed E-state index contributed by atoms with van der Waals surface area (Å²) < 4.78 is 0. The Kier molecular flexibility index (Phi) is 5.59. The van der Waals surface area contributed by atoms with Gasteiger partial charge in [-0.05, 0) is 41.2 Å². The Hall–Kier alpha value is -2.06. The van der Waals surface area contributed by atoms with Gasteiger partial charge in [0.1, 0.15) is 0 Å². The van der Waals surface area contributed by atoms with Crippen LogP contribution in [-0.2, 0) is 6.42 Å². The second-order valence-electron chi connectivity index (χ2n) is 5.12. The van der Waals surface area contributed by atoms with Crippen molar-refractivity contribution in [3.63, 3.8) is 0 Å². The highest BCUT2D eigenvalue weighted by Crippen LogP contribution is 2.23. The Morgan fingerprint density at radius 2 is 1.81 bits per heavy atom. The van der Waals surface area contributed by atoms with Crippen LogP contribution in [0.4, 0.5) is 0 Å². The molecule has 0 heterocycles. The van der Waals surface area contributed by atoms with E-state index >= 15 is 0 Å². The second kappa shape index (κ2) is 7.65. The summed E-state index contributed by atoms with van der Waals surface area (Å²) in [6.45, 7) is 7.18. The lowest BCUT2D eigenvalue weighted by atomic mass is 9.99. The average Bonchev–Trinajstić information content (AvgIpc) is 2.55. The highest BCUT2D eigenvalue weighted by atomic mass is 16.3. The maximum atomic E-state index is 8.82. The molecule has 0 saturated carbocycles. The third-order valence-corrected chi connectivity index (χ3v) is 3.55. The zero-order valence-corrected chi connectivity index (χ0v) is 12.6. The fraction of sp³-hybridized carbons (Fsp3) is 0.263. The molecule has 21 heavy (non-hydrogen) atoms. The number of benzene rings is 2. The van der Waals surface area contributed by atoms with Crippen LogP contribution < -0.4 is 5.32 Å². The molecule has 0 atom stereocenters. The molecule has 0 amide bonds. The summed E-state index contributed by atoms with van der Waals surface area (Å²) in [6, 6.07) is 17.0. The molecular weight excluding hydrogens is 258 g/mol. The van der Waals surface area contributed by atoms with Gasteiger partial charge in [-0.25, -0.2) is 0 Å². The topological polar surface area (TPSA) is 32.3 Å². The third-order valence-electron chi connectivity index (χ3n) is 3.55. The predicted molar refractivity (Wildman–Crippen MR) is 90.0 cm³/mol. The first-order chi connectivity index (χ1) is 10.2. The van der Waals surface area contributed by atoms with Crippen LogP contribution in [0.1, 0.15) is 24.5 Å². The molecule has 0 unspecified atom stereocenters. The molecule has 0 bridgehead atoms. The van der Waals surface area contributed by atoms with Gasteiger partial charge in [0.05, 0.1) is 0 Å². The van der Waals surface area contributed by atoms with Crippen LogP contribution >= 0.6 is 0 Å². The normalized spacial score (nSPS) is 10.4. The van der Waals surface area contributed by atoms with E-state index in [1.54, 1.807) is 0 Å². The molecule has 2 aromatic carbocycles. The average molecular weight is 281 g/mol. The summed E-state index contributed by atoms with van der Waals surface area (Å²) in [5.41, 5.74) is 5.77. The fourth-order valence-electron chi connectivity index (χ4n) is 2.28. The molecule has 110 valence electrons. The van der Waals surface area contributed by atoms with Gasteiger partial charge >= 0.3 is 0 Å². The maximum Gasteiger partial charge on any atom is 0.0447 e. The van der Waals surface area contributed by atoms with E-state index in [0.717, 1.165) is 30.6 Å². The Bertz CT molecular complexity index is 604. The highest BCUT2D eigenvalue weighted by Gasteiger charge is 2.03. The van der Waals surface area contributed by atoms with Gasteiger partial charge in [-0.3, -0.25) is 0 Å². The van der Waals surface area contributed by atoms with Crippen molar-refractivity contribution in [1.82, 2.24) is 5.32 Å². The molecule has 2 rings (SSSR count). The molecule has 0 aliphatic rings. The van der Waals surface area contributed by atoms with Crippen molar-refractivity contribution < 1.29 is 5.11 Å². The summed E-state index contributed by atoms with van der Waals surface area (Å²) >= 11 is 0. The number of nitrogens with one attached hydrogen (secondary N) is 1. The molecule has 2 heteroatoms. The van der Waals surface area contributed by atoms with Gasteiger partial charge in [0.15, 0.2) is 0 Å². The molecule has 0 fully saturated rings. The van der Waals surface area contributed by atoms with E-state index in [-0.39, 0.29) is 6.61 Å². The van der Waals surface area contributed by atoms with Crippen LogP contribution in [0.15, 0.2) is 55.1 Å². The molecule has 0 aliphatic carbocycles. The van der Waals surface area contributed by atoms with Gasteiger partial charge in [0, 0.05) is 18.8 Å². The van der Waals surface area contributed by atoms with E-state index in [0.29, 0.717) is 0 Å². The van der Waals surface area contributed by atoms with Gasteiger partial charge in [0.2, 0.25) is 0 Å². The molecular formula is C19H23NO. The Balaban J connectivity index is 2.18. The maximum absolute atomic E-state index is 8.82. The summed E-state index contributed by atoms with van der Waals surface area (Å²) in [6.07, 6.45) is 1.78. The molecule has 0 aliphatic heterocycles. The minimum Gasteiger partial charge on any atom is -0.396 e. The molecule has 0 aromatic heterocycles. The lowest BCUT2D eigenvalue weighted by Crippen LogP contribution is -2.13. The first-order valence-corrected chi connectivity index (χ1v) is 7.48. The SMILES string of the molecule is C=C(NCCCO)c1cccc(-c2cccc(CC)c2)c1. The van der Waals surface area contributed by atoms with E-state index < -0.39 is 0 Å². The minimum absolute atomic E-state index is 0.199. The molecule has 0 spiro atoms. The van der Waals surface area contributed by atoms with Gasteiger partial charge in [-0.15, -0.1) is 0 Å². The lowest BCUT2D eigenvalue weighted by Gasteiger charge is -2.11.